The third kappa shape index (κ3) is 4.56. The molecule has 0 saturated carbocycles. The van der Waals surface area contributed by atoms with Crippen LogP contribution in [0.3, 0.4) is 0 Å². The maximum absolute atomic E-state index is 13.3. The summed E-state index contributed by atoms with van der Waals surface area (Å²) in [5, 5.41) is 8.60. The van der Waals surface area contributed by atoms with Gasteiger partial charge in [-0.3, -0.25) is 0 Å². The Morgan fingerprint density at radius 3 is 2.16 bits per heavy atom. The SMILES string of the molecule is CCOc1ccc(S(=O)(=O)N2CCN(c3ccc(-n4cccc4)nn3)CC2)c(OCC)c1. The van der Waals surface area contributed by atoms with E-state index >= 15 is 0 Å². The van der Waals surface area contributed by atoms with Crippen LogP contribution >= 0.6 is 0 Å². The average molecular weight is 458 g/mol. The minimum Gasteiger partial charge on any atom is -0.494 e. The van der Waals surface area contributed by atoms with Crippen molar-refractivity contribution in [3.05, 3.63) is 54.9 Å². The predicted molar refractivity (Wildman–Crippen MR) is 121 cm³/mol. The van der Waals surface area contributed by atoms with Crippen LogP contribution in [0.5, 0.6) is 11.5 Å². The summed E-state index contributed by atoms with van der Waals surface area (Å²) in [6, 6.07) is 12.5. The number of rotatable bonds is 8. The molecule has 1 aliphatic heterocycles. The van der Waals surface area contributed by atoms with Gasteiger partial charge in [0.25, 0.3) is 0 Å². The van der Waals surface area contributed by atoms with Gasteiger partial charge in [-0.25, -0.2) is 8.42 Å². The second-order valence-electron chi connectivity index (χ2n) is 7.21. The highest BCUT2D eigenvalue weighted by Gasteiger charge is 2.31. The molecule has 1 fully saturated rings. The molecule has 1 saturated heterocycles. The van der Waals surface area contributed by atoms with Gasteiger partial charge < -0.3 is 18.9 Å². The molecular weight excluding hydrogens is 430 g/mol. The van der Waals surface area contributed by atoms with E-state index in [1.165, 1.54) is 4.31 Å². The van der Waals surface area contributed by atoms with Crippen molar-refractivity contribution in [3.63, 3.8) is 0 Å². The Morgan fingerprint density at radius 2 is 1.53 bits per heavy atom. The van der Waals surface area contributed by atoms with Gasteiger partial charge >= 0.3 is 0 Å². The van der Waals surface area contributed by atoms with Crippen molar-refractivity contribution in [3.8, 4) is 17.3 Å². The molecule has 3 heterocycles. The monoisotopic (exact) mass is 457 g/mol. The van der Waals surface area contributed by atoms with E-state index in [4.69, 9.17) is 9.47 Å². The number of anilines is 1. The number of ether oxygens (including phenoxy) is 2. The van der Waals surface area contributed by atoms with Crippen molar-refractivity contribution in [2.45, 2.75) is 18.7 Å². The Balaban J connectivity index is 1.46. The third-order valence-electron chi connectivity index (χ3n) is 5.21. The van der Waals surface area contributed by atoms with E-state index in [0.29, 0.717) is 50.9 Å². The first-order valence-electron chi connectivity index (χ1n) is 10.6. The molecule has 0 atom stereocenters. The molecule has 170 valence electrons. The van der Waals surface area contributed by atoms with Gasteiger partial charge in [0.15, 0.2) is 11.6 Å². The molecule has 2 aromatic heterocycles. The van der Waals surface area contributed by atoms with Crippen LogP contribution in [0.15, 0.2) is 59.8 Å². The standard InChI is InChI=1S/C22H27N5O4S/c1-3-30-18-7-8-20(19(17-18)31-4-2)32(28,29)27-15-13-26(14-16-27)22-10-9-21(23-24-22)25-11-5-6-12-25/h5-12,17H,3-4,13-16H2,1-2H3. The first-order valence-corrected chi connectivity index (χ1v) is 12.1. The van der Waals surface area contributed by atoms with Crippen molar-refractivity contribution < 1.29 is 17.9 Å². The lowest BCUT2D eigenvalue weighted by atomic mass is 10.3. The van der Waals surface area contributed by atoms with Crippen LogP contribution in [-0.2, 0) is 10.0 Å². The van der Waals surface area contributed by atoms with Crippen LogP contribution in [-0.4, -0.2) is 66.9 Å². The number of hydrogen-bond acceptors (Lipinski definition) is 7. The topological polar surface area (TPSA) is 89.8 Å². The zero-order valence-electron chi connectivity index (χ0n) is 18.2. The Labute approximate surface area is 188 Å². The van der Waals surface area contributed by atoms with E-state index < -0.39 is 10.0 Å². The molecule has 0 aliphatic carbocycles. The van der Waals surface area contributed by atoms with Crippen molar-refractivity contribution >= 4 is 15.8 Å². The lowest BCUT2D eigenvalue weighted by Crippen LogP contribution is -2.49. The van der Waals surface area contributed by atoms with Gasteiger partial charge in [0.1, 0.15) is 16.4 Å². The van der Waals surface area contributed by atoms with Crippen LogP contribution in [0, 0.1) is 0 Å². The van der Waals surface area contributed by atoms with Gasteiger partial charge in [0.2, 0.25) is 10.0 Å². The quantitative estimate of drug-likeness (QED) is 0.514. The summed E-state index contributed by atoms with van der Waals surface area (Å²) in [6.07, 6.45) is 3.81. The van der Waals surface area contributed by atoms with Crippen LogP contribution in [0.25, 0.3) is 5.82 Å². The van der Waals surface area contributed by atoms with Crippen LogP contribution in [0.2, 0.25) is 0 Å². The Kier molecular flexibility index (Phi) is 6.61. The highest BCUT2D eigenvalue weighted by Crippen LogP contribution is 2.31. The largest absolute Gasteiger partial charge is 0.494 e. The molecular formula is C22H27N5O4S. The third-order valence-corrected chi connectivity index (χ3v) is 7.15. The van der Waals surface area contributed by atoms with E-state index in [9.17, 15) is 8.42 Å². The maximum atomic E-state index is 13.3. The summed E-state index contributed by atoms with van der Waals surface area (Å²) >= 11 is 0. The molecule has 32 heavy (non-hydrogen) atoms. The molecule has 0 amide bonds. The van der Waals surface area contributed by atoms with Gasteiger partial charge in [-0.15, -0.1) is 10.2 Å². The molecule has 0 radical (unpaired) electrons. The summed E-state index contributed by atoms with van der Waals surface area (Å²) in [4.78, 5) is 2.20. The molecule has 9 nitrogen and oxygen atoms in total. The fourth-order valence-corrected chi connectivity index (χ4v) is 5.17. The summed E-state index contributed by atoms with van der Waals surface area (Å²) in [6.45, 7) is 6.31. The molecule has 0 spiro atoms. The molecule has 0 bridgehead atoms. The van der Waals surface area contributed by atoms with Gasteiger partial charge in [0.05, 0.1) is 13.2 Å². The molecule has 4 rings (SSSR count). The lowest BCUT2D eigenvalue weighted by molar-refractivity contribution is 0.314. The van der Waals surface area contributed by atoms with Crippen LogP contribution < -0.4 is 14.4 Å². The smallest absolute Gasteiger partial charge is 0.246 e. The molecule has 1 aromatic carbocycles. The maximum Gasteiger partial charge on any atom is 0.246 e. The number of aromatic nitrogens is 3. The minimum absolute atomic E-state index is 0.159. The summed E-state index contributed by atoms with van der Waals surface area (Å²) in [5.41, 5.74) is 0. The molecule has 10 heteroatoms. The fourth-order valence-electron chi connectivity index (χ4n) is 3.63. The Morgan fingerprint density at radius 1 is 0.875 bits per heavy atom. The second kappa shape index (κ2) is 9.58. The zero-order valence-corrected chi connectivity index (χ0v) is 19.0. The van der Waals surface area contributed by atoms with Crippen LogP contribution in [0.1, 0.15) is 13.8 Å². The van der Waals surface area contributed by atoms with Gasteiger partial charge in [-0.1, -0.05) is 0 Å². The number of sulfonamides is 1. The predicted octanol–water partition coefficient (Wildman–Crippen LogP) is 2.58. The lowest BCUT2D eigenvalue weighted by Gasteiger charge is -2.34. The zero-order chi connectivity index (χ0) is 22.6. The molecule has 0 N–H and O–H groups in total. The van der Waals surface area contributed by atoms with E-state index in [1.807, 2.05) is 60.0 Å². The van der Waals surface area contributed by atoms with Gasteiger partial charge in [-0.2, -0.15) is 4.31 Å². The molecule has 1 aliphatic rings. The Hall–Kier alpha value is -3.11. The minimum atomic E-state index is -3.70. The highest BCUT2D eigenvalue weighted by molar-refractivity contribution is 7.89. The first-order chi connectivity index (χ1) is 15.5. The first kappa shape index (κ1) is 22.1. The number of piperazine rings is 1. The van der Waals surface area contributed by atoms with Crippen LogP contribution in [0.4, 0.5) is 5.82 Å². The van der Waals surface area contributed by atoms with E-state index in [-0.39, 0.29) is 4.90 Å². The molecule has 0 unspecified atom stereocenters. The average Bonchev–Trinajstić information content (AvgIpc) is 3.35. The second-order valence-corrected chi connectivity index (χ2v) is 9.11. The fraction of sp³-hybridized carbons (Fsp3) is 0.364. The Bertz CT molecular complexity index is 1130. The van der Waals surface area contributed by atoms with Crippen molar-refractivity contribution in [1.82, 2.24) is 19.1 Å². The summed E-state index contributed by atoms with van der Waals surface area (Å²) in [7, 11) is -3.70. The molecule has 3 aromatic rings. The van der Waals surface area contributed by atoms with Crippen molar-refractivity contribution in [2.24, 2.45) is 0 Å². The van der Waals surface area contributed by atoms with E-state index in [2.05, 4.69) is 10.2 Å². The normalized spacial score (nSPS) is 15.0. The summed E-state index contributed by atoms with van der Waals surface area (Å²) in [5.74, 6) is 2.36. The summed E-state index contributed by atoms with van der Waals surface area (Å²) < 4.78 is 41.1. The highest BCUT2D eigenvalue weighted by atomic mass is 32.2. The van der Waals surface area contributed by atoms with Crippen molar-refractivity contribution in [1.29, 1.82) is 0 Å². The van der Waals surface area contributed by atoms with E-state index in [1.54, 1.807) is 18.2 Å². The van der Waals surface area contributed by atoms with Gasteiger partial charge in [0, 0.05) is 44.6 Å². The van der Waals surface area contributed by atoms with Gasteiger partial charge in [-0.05, 0) is 50.2 Å². The number of benzene rings is 1. The number of hydrogen-bond donors (Lipinski definition) is 0. The van der Waals surface area contributed by atoms with Crippen molar-refractivity contribution in [2.75, 3.05) is 44.3 Å². The van der Waals surface area contributed by atoms with E-state index in [0.717, 1.165) is 11.6 Å². The number of nitrogens with zero attached hydrogens (tertiary/aromatic N) is 5.